The molecule has 2 heterocycles. The number of nitrogens with zero attached hydrogens (tertiary/aromatic N) is 1. The number of rotatable bonds is 2. The van der Waals surface area contributed by atoms with E-state index in [0.29, 0.717) is 5.69 Å². The molecule has 1 aromatic heterocycles. The van der Waals surface area contributed by atoms with E-state index in [1.165, 1.54) is 18.2 Å². The van der Waals surface area contributed by atoms with Gasteiger partial charge in [-0.05, 0) is 44.1 Å². The standard InChI is InChI=1S/C17H18F3N3/c18-17(19,20)14-4-2-1-3-13(14)16-10-12(21)9-15(23-16)11-5-7-22-8-6-11/h1-4,9-11,22H,5-8H2,(H2,21,23). The highest BCUT2D eigenvalue weighted by Crippen LogP contribution is 2.37. The van der Waals surface area contributed by atoms with Crippen LogP contribution in [-0.4, -0.2) is 18.1 Å². The first kappa shape index (κ1) is 15.8. The van der Waals surface area contributed by atoms with Crippen LogP contribution in [0.1, 0.15) is 30.0 Å². The number of pyridine rings is 1. The number of nitrogen functional groups attached to an aromatic ring is 1. The van der Waals surface area contributed by atoms with Gasteiger partial charge in [-0.1, -0.05) is 18.2 Å². The molecule has 0 atom stereocenters. The van der Waals surface area contributed by atoms with Crippen molar-refractivity contribution >= 4 is 5.69 Å². The van der Waals surface area contributed by atoms with Crippen LogP contribution in [0.15, 0.2) is 36.4 Å². The molecule has 0 aliphatic carbocycles. The number of anilines is 1. The number of piperidine rings is 1. The molecular weight excluding hydrogens is 303 g/mol. The lowest BCUT2D eigenvalue weighted by Crippen LogP contribution is -2.27. The summed E-state index contributed by atoms with van der Waals surface area (Å²) in [5.74, 6) is 0.233. The summed E-state index contributed by atoms with van der Waals surface area (Å²) in [6.45, 7) is 1.77. The summed E-state index contributed by atoms with van der Waals surface area (Å²) in [6.07, 6.45) is -2.59. The third kappa shape index (κ3) is 3.47. The smallest absolute Gasteiger partial charge is 0.399 e. The molecule has 3 nitrogen and oxygen atoms in total. The number of benzene rings is 1. The van der Waals surface area contributed by atoms with Crippen LogP contribution in [0.2, 0.25) is 0 Å². The number of hydrogen-bond acceptors (Lipinski definition) is 3. The van der Waals surface area contributed by atoms with E-state index in [4.69, 9.17) is 5.73 Å². The van der Waals surface area contributed by atoms with Crippen LogP contribution in [0.5, 0.6) is 0 Å². The first-order chi connectivity index (χ1) is 10.9. The van der Waals surface area contributed by atoms with Crippen molar-refractivity contribution in [3.8, 4) is 11.3 Å². The predicted molar refractivity (Wildman–Crippen MR) is 83.9 cm³/mol. The lowest BCUT2D eigenvalue weighted by molar-refractivity contribution is -0.137. The fourth-order valence-corrected chi connectivity index (χ4v) is 2.99. The predicted octanol–water partition coefficient (Wildman–Crippen LogP) is 3.82. The van der Waals surface area contributed by atoms with Crippen LogP contribution < -0.4 is 11.1 Å². The zero-order valence-corrected chi connectivity index (χ0v) is 12.5. The van der Waals surface area contributed by atoms with Crippen molar-refractivity contribution in [2.24, 2.45) is 0 Å². The van der Waals surface area contributed by atoms with Gasteiger partial charge < -0.3 is 11.1 Å². The van der Waals surface area contributed by atoms with Crippen molar-refractivity contribution in [3.63, 3.8) is 0 Å². The molecule has 1 aliphatic rings. The molecule has 0 saturated carbocycles. The highest BCUT2D eigenvalue weighted by atomic mass is 19.4. The van der Waals surface area contributed by atoms with Gasteiger partial charge in [-0.15, -0.1) is 0 Å². The van der Waals surface area contributed by atoms with Crippen molar-refractivity contribution < 1.29 is 13.2 Å². The van der Waals surface area contributed by atoms with E-state index in [2.05, 4.69) is 10.3 Å². The Morgan fingerprint density at radius 3 is 2.48 bits per heavy atom. The molecule has 1 aliphatic heterocycles. The topological polar surface area (TPSA) is 50.9 Å². The van der Waals surface area contributed by atoms with Crippen LogP contribution in [0.3, 0.4) is 0 Å². The first-order valence-corrected chi connectivity index (χ1v) is 7.60. The molecule has 1 aromatic carbocycles. The maximum Gasteiger partial charge on any atom is 0.417 e. The molecule has 6 heteroatoms. The molecule has 2 aromatic rings. The number of hydrogen-bond donors (Lipinski definition) is 2. The van der Waals surface area contributed by atoms with Crippen molar-refractivity contribution in [1.82, 2.24) is 10.3 Å². The Kier molecular flexibility index (Phi) is 4.26. The zero-order valence-electron chi connectivity index (χ0n) is 12.5. The van der Waals surface area contributed by atoms with E-state index in [0.717, 1.165) is 37.7 Å². The molecule has 1 fully saturated rings. The first-order valence-electron chi connectivity index (χ1n) is 7.60. The van der Waals surface area contributed by atoms with Crippen molar-refractivity contribution in [1.29, 1.82) is 0 Å². The molecule has 0 spiro atoms. The number of aromatic nitrogens is 1. The SMILES string of the molecule is Nc1cc(-c2ccccc2C(F)(F)F)nc(C2CCNCC2)c1. The number of halogens is 3. The van der Waals surface area contributed by atoms with Gasteiger partial charge in [0.1, 0.15) is 0 Å². The fraction of sp³-hybridized carbons (Fsp3) is 0.353. The highest BCUT2D eigenvalue weighted by Gasteiger charge is 2.33. The van der Waals surface area contributed by atoms with E-state index in [-0.39, 0.29) is 17.2 Å². The third-order valence-corrected chi connectivity index (χ3v) is 4.13. The summed E-state index contributed by atoms with van der Waals surface area (Å²) in [7, 11) is 0. The molecule has 23 heavy (non-hydrogen) atoms. The second-order valence-electron chi connectivity index (χ2n) is 5.78. The van der Waals surface area contributed by atoms with Gasteiger partial charge in [-0.3, -0.25) is 4.98 Å². The summed E-state index contributed by atoms with van der Waals surface area (Å²) in [5, 5.41) is 3.27. The van der Waals surface area contributed by atoms with Gasteiger partial charge in [-0.25, -0.2) is 0 Å². The summed E-state index contributed by atoms with van der Waals surface area (Å²) in [4.78, 5) is 4.49. The normalized spacial score (nSPS) is 16.5. The Morgan fingerprint density at radius 1 is 1.09 bits per heavy atom. The lowest BCUT2D eigenvalue weighted by atomic mass is 9.93. The molecular formula is C17H18F3N3. The van der Waals surface area contributed by atoms with Crippen molar-refractivity contribution in [3.05, 3.63) is 47.7 Å². The lowest BCUT2D eigenvalue weighted by Gasteiger charge is -2.23. The summed E-state index contributed by atoms with van der Waals surface area (Å²) in [5.41, 5.74) is 6.82. The van der Waals surface area contributed by atoms with Gasteiger partial charge in [0.05, 0.1) is 11.3 Å². The summed E-state index contributed by atoms with van der Waals surface area (Å²) >= 11 is 0. The van der Waals surface area contributed by atoms with E-state index in [1.807, 2.05) is 0 Å². The number of nitrogens with one attached hydrogen (secondary N) is 1. The Morgan fingerprint density at radius 2 is 1.78 bits per heavy atom. The minimum Gasteiger partial charge on any atom is -0.399 e. The Labute approximate surface area is 132 Å². The maximum absolute atomic E-state index is 13.2. The van der Waals surface area contributed by atoms with Crippen LogP contribution in [0, 0.1) is 0 Å². The van der Waals surface area contributed by atoms with Crippen molar-refractivity contribution in [2.75, 3.05) is 18.8 Å². The molecule has 0 bridgehead atoms. The van der Waals surface area contributed by atoms with Crippen LogP contribution in [0.4, 0.5) is 18.9 Å². The monoisotopic (exact) mass is 321 g/mol. The van der Waals surface area contributed by atoms with Gasteiger partial charge in [0, 0.05) is 22.9 Å². The molecule has 3 rings (SSSR count). The van der Waals surface area contributed by atoms with Crippen LogP contribution in [-0.2, 0) is 6.18 Å². The Bertz CT molecular complexity index is 692. The number of alkyl halides is 3. The molecule has 3 N–H and O–H groups in total. The van der Waals surface area contributed by atoms with Gasteiger partial charge in [0.2, 0.25) is 0 Å². The molecule has 0 unspecified atom stereocenters. The Balaban J connectivity index is 2.05. The number of nitrogens with two attached hydrogens (primary N) is 1. The van der Waals surface area contributed by atoms with Crippen LogP contribution >= 0.6 is 0 Å². The van der Waals surface area contributed by atoms with E-state index in [1.54, 1.807) is 12.1 Å². The average molecular weight is 321 g/mol. The average Bonchev–Trinajstić information content (AvgIpc) is 2.54. The molecule has 1 saturated heterocycles. The second-order valence-corrected chi connectivity index (χ2v) is 5.78. The second kappa shape index (κ2) is 6.20. The Hall–Kier alpha value is -2.08. The van der Waals surface area contributed by atoms with E-state index >= 15 is 0 Å². The minimum absolute atomic E-state index is 0.0717. The van der Waals surface area contributed by atoms with Gasteiger partial charge in [0.15, 0.2) is 0 Å². The molecule has 0 amide bonds. The fourth-order valence-electron chi connectivity index (χ4n) is 2.99. The third-order valence-electron chi connectivity index (χ3n) is 4.13. The zero-order chi connectivity index (χ0) is 16.4. The molecule has 0 radical (unpaired) electrons. The minimum atomic E-state index is -4.42. The quantitative estimate of drug-likeness (QED) is 0.884. The highest BCUT2D eigenvalue weighted by molar-refractivity contribution is 5.68. The largest absolute Gasteiger partial charge is 0.417 e. The van der Waals surface area contributed by atoms with Crippen LogP contribution in [0.25, 0.3) is 11.3 Å². The van der Waals surface area contributed by atoms with Gasteiger partial charge >= 0.3 is 6.18 Å². The van der Waals surface area contributed by atoms with Gasteiger partial charge in [-0.2, -0.15) is 13.2 Å². The van der Waals surface area contributed by atoms with Gasteiger partial charge in [0.25, 0.3) is 0 Å². The van der Waals surface area contributed by atoms with E-state index in [9.17, 15) is 13.2 Å². The van der Waals surface area contributed by atoms with Crippen molar-refractivity contribution in [2.45, 2.75) is 24.9 Å². The summed E-state index contributed by atoms with van der Waals surface area (Å²) in [6, 6.07) is 8.76. The maximum atomic E-state index is 13.2. The molecule has 122 valence electrons. The van der Waals surface area contributed by atoms with E-state index < -0.39 is 11.7 Å². The summed E-state index contributed by atoms with van der Waals surface area (Å²) < 4.78 is 39.7.